The van der Waals surface area contributed by atoms with Crippen LogP contribution in [0.15, 0.2) is 0 Å². The lowest BCUT2D eigenvalue weighted by atomic mass is 10.1. The molecule has 1 fully saturated rings. The lowest BCUT2D eigenvalue weighted by molar-refractivity contribution is -0.0408. The SMILES string of the molecule is COC(COC1CN(C(=O)OC(C)(C)C)CC1Br)C(C)C. The van der Waals surface area contributed by atoms with Crippen LogP contribution in [-0.4, -0.2) is 60.4 Å². The van der Waals surface area contributed by atoms with E-state index in [4.69, 9.17) is 14.2 Å². The maximum absolute atomic E-state index is 12.1. The van der Waals surface area contributed by atoms with Gasteiger partial charge in [-0.25, -0.2) is 4.79 Å². The van der Waals surface area contributed by atoms with E-state index in [1.54, 1.807) is 12.0 Å². The molecular formula is C15H28BrNO4. The first kappa shape index (κ1) is 18.7. The Bertz CT molecular complexity index is 343. The van der Waals surface area contributed by atoms with Crippen molar-refractivity contribution in [3.05, 3.63) is 0 Å². The fourth-order valence-corrected chi connectivity index (χ4v) is 2.79. The van der Waals surface area contributed by atoms with Gasteiger partial charge in [-0.2, -0.15) is 0 Å². The first-order valence-corrected chi connectivity index (χ1v) is 8.32. The van der Waals surface area contributed by atoms with Crippen LogP contribution in [-0.2, 0) is 14.2 Å². The molecule has 1 heterocycles. The van der Waals surface area contributed by atoms with Crippen molar-refractivity contribution in [3.8, 4) is 0 Å². The first-order valence-electron chi connectivity index (χ1n) is 7.40. The number of carbonyl (C=O) groups is 1. The minimum atomic E-state index is -0.476. The molecule has 5 nitrogen and oxygen atoms in total. The van der Waals surface area contributed by atoms with Crippen LogP contribution < -0.4 is 0 Å². The second-order valence-electron chi connectivity index (χ2n) is 6.79. The number of nitrogens with zero attached hydrogens (tertiary/aromatic N) is 1. The van der Waals surface area contributed by atoms with Gasteiger partial charge in [0.05, 0.1) is 30.2 Å². The Morgan fingerprint density at radius 1 is 1.33 bits per heavy atom. The molecule has 0 aromatic rings. The number of hydrogen-bond donors (Lipinski definition) is 0. The fourth-order valence-electron chi connectivity index (χ4n) is 2.12. The lowest BCUT2D eigenvalue weighted by Crippen LogP contribution is -2.36. The molecule has 124 valence electrons. The Hall–Kier alpha value is -0.330. The van der Waals surface area contributed by atoms with E-state index in [0.29, 0.717) is 25.6 Å². The summed E-state index contributed by atoms with van der Waals surface area (Å²) in [6, 6.07) is 0. The number of amides is 1. The molecule has 0 radical (unpaired) electrons. The largest absolute Gasteiger partial charge is 0.444 e. The molecule has 3 atom stereocenters. The molecule has 3 unspecified atom stereocenters. The molecule has 1 aliphatic heterocycles. The van der Waals surface area contributed by atoms with E-state index in [-0.39, 0.29) is 23.1 Å². The van der Waals surface area contributed by atoms with Gasteiger partial charge < -0.3 is 19.1 Å². The standard InChI is InChI=1S/C15H28BrNO4/c1-10(2)13(19-6)9-20-12-8-17(7-11(12)16)14(18)21-15(3,4)5/h10-13H,7-9H2,1-6H3. The van der Waals surface area contributed by atoms with Crippen LogP contribution in [0, 0.1) is 5.92 Å². The van der Waals surface area contributed by atoms with Gasteiger partial charge in [-0.3, -0.25) is 0 Å². The van der Waals surface area contributed by atoms with Crippen LogP contribution in [0.3, 0.4) is 0 Å². The van der Waals surface area contributed by atoms with Gasteiger partial charge in [-0.1, -0.05) is 29.8 Å². The fraction of sp³-hybridized carbons (Fsp3) is 0.933. The summed E-state index contributed by atoms with van der Waals surface area (Å²) in [5, 5.41) is 0. The summed E-state index contributed by atoms with van der Waals surface area (Å²) in [6.45, 7) is 11.5. The molecule has 0 bridgehead atoms. The zero-order valence-electron chi connectivity index (χ0n) is 13.9. The second kappa shape index (κ2) is 7.79. The molecule has 1 amide bonds. The molecule has 6 heteroatoms. The van der Waals surface area contributed by atoms with Crippen molar-refractivity contribution in [1.29, 1.82) is 0 Å². The third-order valence-electron chi connectivity index (χ3n) is 3.37. The van der Waals surface area contributed by atoms with E-state index in [0.717, 1.165) is 0 Å². The van der Waals surface area contributed by atoms with Gasteiger partial charge in [0, 0.05) is 13.7 Å². The van der Waals surface area contributed by atoms with E-state index in [1.165, 1.54) is 0 Å². The summed E-state index contributed by atoms with van der Waals surface area (Å²) in [4.78, 5) is 13.9. The highest BCUT2D eigenvalue weighted by atomic mass is 79.9. The van der Waals surface area contributed by atoms with Gasteiger partial charge in [-0.05, 0) is 26.7 Å². The van der Waals surface area contributed by atoms with Crippen molar-refractivity contribution in [2.45, 2.75) is 57.3 Å². The van der Waals surface area contributed by atoms with Crippen molar-refractivity contribution in [3.63, 3.8) is 0 Å². The molecule has 1 rings (SSSR count). The van der Waals surface area contributed by atoms with Gasteiger partial charge in [0.25, 0.3) is 0 Å². The predicted molar refractivity (Wildman–Crippen MR) is 85.9 cm³/mol. The average molecular weight is 366 g/mol. The van der Waals surface area contributed by atoms with Gasteiger partial charge in [0.2, 0.25) is 0 Å². The molecule has 0 aromatic heterocycles. The Kier molecular flexibility index (Phi) is 6.94. The maximum Gasteiger partial charge on any atom is 0.410 e. The molecule has 21 heavy (non-hydrogen) atoms. The number of carbonyl (C=O) groups excluding carboxylic acids is 1. The summed E-state index contributed by atoms with van der Waals surface area (Å²) in [5.74, 6) is 0.395. The Morgan fingerprint density at radius 2 is 1.95 bits per heavy atom. The van der Waals surface area contributed by atoms with Crippen molar-refractivity contribution in [2.24, 2.45) is 5.92 Å². The monoisotopic (exact) mass is 365 g/mol. The topological polar surface area (TPSA) is 48.0 Å². The van der Waals surface area contributed by atoms with Crippen LogP contribution in [0.4, 0.5) is 4.79 Å². The molecule has 0 N–H and O–H groups in total. The number of ether oxygens (including phenoxy) is 3. The molecule has 0 spiro atoms. The Balaban J connectivity index is 2.47. The van der Waals surface area contributed by atoms with Crippen molar-refractivity contribution < 1.29 is 19.0 Å². The van der Waals surface area contributed by atoms with Gasteiger partial charge in [0.1, 0.15) is 5.60 Å². The number of likely N-dealkylation sites (tertiary alicyclic amines) is 1. The Labute approximate surface area is 136 Å². The second-order valence-corrected chi connectivity index (χ2v) is 7.97. The summed E-state index contributed by atoms with van der Waals surface area (Å²) >= 11 is 3.59. The first-order chi connectivity index (χ1) is 9.64. The van der Waals surface area contributed by atoms with E-state index >= 15 is 0 Å². The van der Waals surface area contributed by atoms with E-state index < -0.39 is 5.60 Å². The highest BCUT2D eigenvalue weighted by Gasteiger charge is 2.36. The minimum Gasteiger partial charge on any atom is -0.444 e. The summed E-state index contributed by atoms with van der Waals surface area (Å²) in [6.07, 6.45) is -0.251. The number of hydrogen-bond acceptors (Lipinski definition) is 4. The molecule has 1 aliphatic rings. The zero-order valence-corrected chi connectivity index (χ0v) is 15.5. The maximum atomic E-state index is 12.1. The molecule has 0 aromatic carbocycles. The normalized spacial score (nSPS) is 24.5. The van der Waals surface area contributed by atoms with Crippen molar-refractivity contribution in [2.75, 3.05) is 26.8 Å². The van der Waals surface area contributed by atoms with Crippen LogP contribution in [0.5, 0.6) is 0 Å². The highest BCUT2D eigenvalue weighted by molar-refractivity contribution is 9.09. The van der Waals surface area contributed by atoms with Crippen LogP contribution in [0.2, 0.25) is 0 Å². The summed E-state index contributed by atoms with van der Waals surface area (Å²) < 4.78 is 16.7. The quantitative estimate of drug-likeness (QED) is 0.702. The Morgan fingerprint density at radius 3 is 2.43 bits per heavy atom. The van der Waals surface area contributed by atoms with Crippen molar-refractivity contribution in [1.82, 2.24) is 4.90 Å². The summed E-state index contributed by atoms with van der Waals surface area (Å²) in [5.41, 5.74) is -0.476. The highest BCUT2D eigenvalue weighted by Crippen LogP contribution is 2.23. The smallest absolute Gasteiger partial charge is 0.410 e. The minimum absolute atomic E-state index is 0.0334. The van der Waals surface area contributed by atoms with Gasteiger partial charge in [0.15, 0.2) is 0 Å². The third-order valence-corrected chi connectivity index (χ3v) is 4.25. The van der Waals surface area contributed by atoms with E-state index in [9.17, 15) is 4.79 Å². The van der Waals surface area contributed by atoms with Crippen LogP contribution >= 0.6 is 15.9 Å². The van der Waals surface area contributed by atoms with Crippen LogP contribution in [0.1, 0.15) is 34.6 Å². The average Bonchev–Trinajstić information content (AvgIpc) is 2.69. The molecule has 0 saturated carbocycles. The predicted octanol–water partition coefficient (Wildman–Crippen LogP) is 3.06. The van der Waals surface area contributed by atoms with E-state index in [1.807, 2.05) is 20.8 Å². The van der Waals surface area contributed by atoms with Gasteiger partial charge >= 0.3 is 6.09 Å². The number of alkyl halides is 1. The molecule has 0 aliphatic carbocycles. The number of methoxy groups -OCH3 is 1. The molecule has 1 saturated heterocycles. The van der Waals surface area contributed by atoms with Crippen LogP contribution in [0.25, 0.3) is 0 Å². The lowest BCUT2D eigenvalue weighted by Gasteiger charge is -2.24. The van der Waals surface area contributed by atoms with Gasteiger partial charge in [-0.15, -0.1) is 0 Å². The summed E-state index contributed by atoms with van der Waals surface area (Å²) in [7, 11) is 1.70. The zero-order chi connectivity index (χ0) is 16.2. The number of halogens is 1. The van der Waals surface area contributed by atoms with E-state index in [2.05, 4.69) is 29.8 Å². The van der Waals surface area contributed by atoms with Crippen molar-refractivity contribution >= 4 is 22.0 Å². The third kappa shape index (κ3) is 6.12. The molecular weight excluding hydrogens is 338 g/mol. The number of rotatable bonds is 5.